The Morgan fingerprint density at radius 3 is 2.86 bits per heavy atom. The van der Waals surface area contributed by atoms with Crippen molar-refractivity contribution >= 4 is 22.8 Å². The topological polar surface area (TPSA) is 100 Å². The molecule has 0 radical (unpaired) electrons. The van der Waals surface area contributed by atoms with E-state index in [9.17, 15) is 9.59 Å². The van der Waals surface area contributed by atoms with Crippen molar-refractivity contribution in [2.24, 2.45) is 0 Å². The van der Waals surface area contributed by atoms with Gasteiger partial charge in [0.1, 0.15) is 17.8 Å². The van der Waals surface area contributed by atoms with Crippen molar-refractivity contribution in [3.05, 3.63) is 46.5 Å². The van der Waals surface area contributed by atoms with Gasteiger partial charge in [-0.25, -0.2) is 14.8 Å². The fraction of sp³-hybridized carbons (Fsp3) is 0.450. The van der Waals surface area contributed by atoms with Crippen LogP contribution in [0.4, 0.5) is 5.82 Å². The molecule has 2 saturated heterocycles. The number of hydrogen-bond acceptors (Lipinski definition) is 6. The quantitative estimate of drug-likeness (QED) is 0.710. The van der Waals surface area contributed by atoms with Gasteiger partial charge in [0, 0.05) is 43.6 Å². The van der Waals surface area contributed by atoms with E-state index in [1.165, 1.54) is 0 Å². The summed E-state index contributed by atoms with van der Waals surface area (Å²) in [6, 6.07) is 4.11. The first-order valence-electron chi connectivity index (χ1n) is 9.92. The Balaban J connectivity index is 1.37. The molecule has 0 aromatic carbocycles. The first-order chi connectivity index (χ1) is 14.0. The normalized spacial score (nSPS) is 21.4. The van der Waals surface area contributed by atoms with Crippen molar-refractivity contribution in [1.29, 1.82) is 0 Å². The maximum Gasteiger partial charge on any atom is 0.348 e. The minimum atomic E-state index is -0.255. The average molecular weight is 393 g/mol. The number of likely N-dealkylation sites (tertiary alicyclic amines) is 1. The highest BCUT2D eigenvalue weighted by molar-refractivity contribution is 5.89. The largest absolute Gasteiger partial charge is 0.350 e. The molecule has 1 N–H and O–H groups in total. The third kappa shape index (κ3) is 2.88. The zero-order chi connectivity index (χ0) is 20.1. The van der Waals surface area contributed by atoms with E-state index >= 15 is 0 Å². The summed E-state index contributed by atoms with van der Waals surface area (Å²) in [4.78, 5) is 45.1. The third-order valence-electron chi connectivity index (χ3n) is 6.13. The molecule has 2 aliphatic rings. The van der Waals surface area contributed by atoms with Crippen molar-refractivity contribution in [3.63, 3.8) is 0 Å². The van der Waals surface area contributed by atoms with Crippen LogP contribution in [0.1, 0.15) is 24.2 Å². The first kappa shape index (κ1) is 17.8. The zero-order valence-corrected chi connectivity index (χ0v) is 16.5. The number of carbonyl (C=O) groups excluding carboxylic acids is 1. The van der Waals surface area contributed by atoms with Crippen LogP contribution in [0.15, 0.2) is 29.5 Å². The smallest absolute Gasteiger partial charge is 0.348 e. The second kappa shape index (κ2) is 6.68. The molecule has 0 saturated carbocycles. The average Bonchev–Trinajstić information content (AvgIpc) is 3.36. The van der Waals surface area contributed by atoms with Crippen LogP contribution in [0.2, 0.25) is 0 Å². The van der Waals surface area contributed by atoms with Crippen molar-refractivity contribution in [2.45, 2.75) is 45.3 Å². The number of fused-ring (bicyclic) bond motifs is 2. The van der Waals surface area contributed by atoms with Gasteiger partial charge < -0.3 is 14.8 Å². The number of aromatic amines is 1. The lowest BCUT2D eigenvalue weighted by atomic mass is 10.1. The summed E-state index contributed by atoms with van der Waals surface area (Å²) < 4.78 is 1.65. The molecular weight excluding hydrogens is 370 g/mol. The Hall–Kier alpha value is -3.23. The van der Waals surface area contributed by atoms with E-state index in [0.29, 0.717) is 25.2 Å². The van der Waals surface area contributed by atoms with E-state index in [-0.39, 0.29) is 23.7 Å². The van der Waals surface area contributed by atoms with Crippen molar-refractivity contribution < 1.29 is 4.79 Å². The van der Waals surface area contributed by atoms with Crippen molar-refractivity contribution in [3.8, 4) is 0 Å². The first-order valence-corrected chi connectivity index (χ1v) is 9.92. The van der Waals surface area contributed by atoms with Crippen LogP contribution in [0, 0.1) is 13.8 Å². The monoisotopic (exact) mass is 393 g/mol. The highest BCUT2D eigenvalue weighted by Gasteiger charge is 2.47. The molecule has 0 aliphatic carbocycles. The molecule has 2 aliphatic heterocycles. The molecule has 2 fully saturated rings. The van der Waals surface area contributed by atoms with Gasteiger partial charge in [0.05, 0.1) is 17.5 Å². The molecule has 5 heterocycles. The van der Waals surface area contributed by atoms with Gasteiger partial charge in [0.15, 0.2) is 0 Å². The summed E-state index contributed by atoms with van der Waals surface area (Å²) in [5.41, 5.74) is 2.14. The number of carbonyl (C=O) groups is 1. The number of rotatable bonds is 4. The second-order valence-corrected chi connectivity index (χ2v) is 7.82. The number of hydrogen-bond donors (Lipinski definition) is 1. The Morgan fingerprint density at radius 1 is 1.17 bits per heavy atom. The highest BCUT2D eigenvalue weighted by Crippen LogP contribution is 2.37. The second-order valence-electron chi connectivity index (χ2n) is 7.82. The van der Waals surface area contributed by atoms with Gasteiger partial charge in [-0.3, -0.25) is 9.36 Å². The minimum absolute atomic E-state index is 0.101. The molecule has 29 heavy (non-hydrogen) atoms. The van der Waals surface area contributed by atoms with Gasteiger partial charge in [0.25, 0.3) is 0 Å². The van der Waals surface area contributed by atoms with Crippen LogP contribution < -0.4 is 10.6 Å². The van der Waals surface area contributed by atoms with E-state index < -0.39 is 0 Å². The molecule has 3 aromatic heterocycles. The van der Waals surface area contributed by atoms with Gasteiger partial charge in [-0.2, -0.15) is 4.98 Å². The van der Waals surface area contributed by atoms with E-state index in [1.54, 1.807) is 10.9 Å². The highest BCUT2D eigenvalue weighted by atomic mass is 16.2. The van der Waals surface area contributed by atoms with E-state index in [1.807, 2.05) is 37.1 Å². The number of amides is 1. The third-order valence-corrected chi connectivity index (χ3v) is 6.13. The number of aryl methyl sites for hydroxylation is 2. The maximum atomic E-state index is 12.8. The van der Waals surface area contributed by atoms with E-state index in [2.05, 4.69) is 24.8 Å². The lowest BCUT2D eigenvalue weighted by molar-refractivity contribution is -0.129. The van der Waals surface area contributed by atoms with Crippen LogP contribution in [0.5, 0.6) is 0 Å². The van der Waals surface area contributed by atoms with Crippen molar-refractivity contribution in [1.82, 2.24) is 29.4 Å². The summed E-state index contributed by atoms with van der Waals surface area (Å²) in [7, 11) is 0. The Labute approximate surface area is 167 Å². The Bertz CT molecular complexity index is 1150. The van der Waals surface area contributed by atoms with Gasteiger partial charge in [-0.1, -0.05) is 0 Å². The van der Waals surface area contributed by atoms with Gasteiger partial charge >= 0.3 is 5.69 Å². The van der Waals surface area contributed by atoms with E-state index in [0.717, 1.165) is 35.5 Å². The van der Waals surface area contributed by atoms with Crippen LogP contribution in [0.3, 0.4) is 0 Å². The SMILES string of the molecule is Cc1cc(C)n(CCN2C(=O)C[C@H]3[C@@H]2CCN3c2ncnc3[nH]ccc23)c(=O)n1. The van der Waals surface area contributed by atoms with Gasteiger partial charge in [-0.15, -0.1) is 0 Å². The van der Waals surface area contributed by atoms with Crippen LogP contribution in [0.25, 0.3) is 11.0 Å². The molecule has 0 unspecified atom stereocenters. The van der Waals surface area contributed by atoms with E-state index in [4.69, 9.17) is 0 Å². The molecular formula is C20H23N7O2. The lowest BCUT2D eigenvalue weighted by Crippen LogP contribution is -2.40. The van der Waals surface area contributed by atoms with Crippen molar-refractivity contribution in [2.75, 3.05) is 18.0 Å². The molecule has 2 atom stereocenters. The Kier molecular flexibility index (Phi) is 4.11. The zero-order valence-electron chi connectivity index (χ0n) is 16.5. The molecule has 150 valence electrons. The standard InChI is InChI=1S/C20H23N7O2/c1-12-9-13(2)25(20(29)24-12)7-8-26-15-4-6-27(16(15)10-17(26)28)19-14-3-5-21-18(14)22-11-23-19/h3,5,9,11,15-16H,4,6-8,10H2,1-2H3,(H,21,22,23)/t15-,16-/m0/s1. The number of nitrogens with zero attached hydrogens (tertiary/aromatic N) is 6. The van der Waals surface area contributed by atoms with Crippen LogP contribution in [-0.2, 0) is 11.3 Å². The van der Waals surface area contributed by atoms with Gasteiger partial charge in [-0.05, 0) is 32.4 Å². The van der Waals surface area contributed by atoms with Gasteiger partial charge in [0.2, 0.25) is 5.91 Å². The molecule has 0 spiro atoms. The molecule has 3 aromatic rings. The lowest BCUT2D eigenvalue weighted by Gasteiger charge is -2.26. The summed E-state index contributed by atoms with van der Waals surface area (Å²) >= 11 is 0. The summed E-state index contributed by atoms with van der Waals surface area (Å²) in [5.74, 6) is 1.02. The molecule has 1 amide bonds. The molecule has 0 bridgehead atoms. The number of nitrogens with one attached hydrogen (secondary N) is 1. The van der Waals surface area contributed by atoms with Crippen LogP contribution in [-0.4, -0.2) is 60.5 Å². The fourth-order valence-electron chi connectivity index (χ4n) is 4.82. The summed E-state index contributed by atoms with van der Waals surface area (Å²) in [5, 5.41) is 0.979. The number of aromatic nitrogens is 5. The predicted octanol–water partition coefficient (Wildman–Crippen LogP) is 1.01. The number of H-pyrrole nitrogens is 1. The Morgan fingerprint density at radius 2 is 2.03 bits per heavy atom. The van der Waals surface area contributed by atoms with Crippen LogP contribution >= 0.6 is 0 Å². The molecule has 9 nitrogen and oxygen atoms in total. The number of anilines is 1. The molecule has 5 rings (SSSR count). The summed E-state index contributed by atoms with van der Waals surface area (Å²) in [6.45, 7) is 5.54. The minimum Gasteiger partial charge on any atom is -0.350 e. The predicted molar refractivity (Wildman–Crippen MR) is 108 cm³/mol. The molecule has 9 heteroatoms. The maximum absolute atomic E-state index is 12.8. The summed E-state index contributed by atoms with van der Waals surface area (Å²) in [6.07, 6.45) is 4.79. The fourth-order valence-corrected chi connectivity index (χ4v) is 4.82.